The van der Waals surface area contributed by atoms with Crippen molar-refractivity contribution in [2.75, 3.05) is 0 Å². The number of halogens is 1. The van der Waals surface area contributed by atoms with Gasteiger partial charge in [0.15, 0.2) is 5.78 Å². The van der Waals surface area contributed by atoms with Crippen LogP contribution in [-0.2, 0) is 17.8 Å². The third kappa shape index (κ3) is 3.99. The molecule has 1 aromatic heterocycles. The molecule has 0 spiro atoms. The predicted molar refractivity (Wildman–Crippen MR) is 113 cm³/mol. The summed E-state index contributed by atoms with van der Waals surface area (Å²) in [5.74, 6) is -0.312. The third-order valence-corrected chi connectivity index (χ3v) is 5.78. The summed E-state index contributed by atoms with van der Waals surface area (Å²) in [6, 6.07) is 15.4. The van der Waals surface area contributed by atoms with E-state index in [1.807, 2.05) is 55.5 Å². The van der Waals surface area contributed by atoms with Crippen LogP contribution in [0.4, 0.5) is 0 Å². The van der Waals surface area contributed by atoms with Crippen LogP contribution in [0, 0.1) is 13.8 Å². The van der Waals surface area contributed by atoms with E-state index in [1.54, 1.807) is 6.92 Å². The average molecular weight is 408 g/mol. The van der Waals surface area contributed by atoms with Crippen molar-refractivity contribution in [3.63, 3.8) is 0 Å². The normalized spacial score (nSPS) is 15.8. The minimum absolute atomic E-state index is 0.0533. The number of Topliss-reactive ketones (excluding diaryl/α,β-unsaturated/α-hetero) is 1. The minimum atomic E-state index is -0.437. The molecule has 1 aliphatic carbocycles. The molecule has 1 heterocycles. The Bertz CT molecular complexity index is 1060. The first-order chi connectivity index (χ1) is 13.9. The van der Waals surface area contributed by atoms with Crippen molar-refractivity contribution in [1.82, 2.24) is 4.98 Å². The van der Waals surface area contributed by atoms with Gasteiger partial charge in [-0.15, -0.1) is 0 Å². The number of rotatable bonds is 4. The Morgan fingerprint density at radius 2 is 1.76 bits per heavy atom. The summed E-state index contributed by atoms with van der Waals surface area (Å²) in [6.07, 6.45) is 1.10. The Morgan fingerprint density at radius 3 is 2.45 bits per heavy atom. The van der Waals surface area contributed by atoms with Crippen molar-refractivity contribution < 1.29 is 14.3 Å². The lowest BCUT2D eigenvalue weighted by atomic mass is 9.81. The number of H-pyrrole nitrogens is 1. The zero-order valence-electron chi connectivity index (χ0n) is 16.4. The number of ether oxygens (including phenoxy) is 1. The topological polar surface area (TPSA) is 59.2 Å². The van der Waals surface area contributed by atoms with Crippen LogP contribution in [-0.4, -0.2) is 16.7 Å². The molecule has 0 saturated heterocycles. The van der Waals surface area contributed by atoms with E-state index >= 15 is 0 Å². The number of carbonyl (C=O) groups excluding carboxylic acids is 2. The number of fused-ring (bicyclic) bond motifs is 1. The molecule has 0 saturated carbocycles. The summed E-state index contributed by atoms with van der Waals surface area (Å²) < 4.78 is 5.48. The molecule has 5 heteroatoms. The van der Waals surface area contributed by atoms with Crippen LogP contribution < -0.4 is 0 Å². The maximum absolute atomic E-state index is 12.8. The van der Waals surface area contributed by atoms with Gasteiger partial charge in [-0.05, 0) is 55.0 Å². The molecule has 0 aliphatic heterocycles. The lowest BCUT2D eigenvalue weighted by Crippen LogP contribution is -2.18. The van der Waals surface area contributed by atoms with Gasteiger partial charge in [0.2, 0.25) is 0 Å². The zero-order chi connectivity index (χ0) is 20.5. The standard InChI is InChI=1S/C24H22ClNO3/c1-14-3-5-16(6-4-14)13-29-24(28)23-15(2)22-20(26-23)11-18(12-21(22)27)17-7-9-19(25)10-8-17/h3-10,18,26H,11-13H2,1-2H3. The van der Waals surface area contributed by atoms with Crippen molar-refractivity contribution in [3.05, 3.63) is 92.8 Å². The quantitative estimate of drug-likeness (QED) is 0.576. The lowest BCUT2D eigenvalue weighted by Gasteiger charge is -2.22. The number of aromatic amines is 1. The van der Waals surface area contributed by atoms with E-state index in [0.29, 0.717) is 34.7 Å². The number of hydrogen-bond donors (Lipinski definition) is 1. The Balaban J connectivity index is 1.53. The smallest absolute Gasteiger partial charge is 0.355 e. The molecule has 0 amide bonds. The summed E-state index contributed by atoms with van der Waals surface area (Å²) in [4.78, 5) is 28.6. The molecule has 29 heavy (non-hydrogen) atoms. The number of hydrogen-bond acceptors (Lipinski definition) is 3. The molecule has 0 bridgehead atoms. The fourth-order valence-electron chi connectivity index (χ4n) is 3.91. The largest absolute Gasteiger partial charge is 0.456 e. The molecule has 1 N–H and O–H groups in total. The van der Waals surface area contributed by atoms with E-state index in [2.05, 4.69) is 4.98 Å². The minimum Gasteiger partial charge on any atom is -0.456 e. The highest BCUT2D eigenvalue weighted by Crippen LogP contribution is 2.35. The van der Waals surface area contributed by atoms with Gasteiger partial charge in [-0.3, -0.25) is 4.79 Å². The number of aromatic nitrogens is 1. The summed E-state index contributed by atoms with van der Waals surface area (Å²) >= 11 is 5.98. The first-order valence-corrected chi connectivity index (χ1v) is 10.0. The number of benzene rings is 2. The molecule has 4 nitrogen and oxygen atoms in total. The number of esters is 1. The monoisotopic (exact) mass is 407 g/mol. The third-order valence-electron chi connectivity index (χ3n) is 5.52. The van der Waals surface area contributed by atoms with E-state index in [4.69, 9.17) is 16.3 Å². The molecule has 0 fully saturated rings. The van der Waals surface area contributed by atoms with Crippen LogP contribution in [0.25, 0.3) is 0 Å². The zero-order valence-corrected chi connectivity index (χ0v) is 17.2. The molecular formula is C24H22ClNO3. The molecule has 1 unspecified atom stereocenters. The predicted octanol–water partition coefficient (Wildman–Crippen LogP) is 5.55. The highest BCUT2D eigenvalue weighted by molar-refractivity contribution is 6.30. The van der Waals surface area contributed by atoms with Gasteiger partial charge in [-0.2, -0.15) is 0 Å². The molecule has 1 aliphatic rings. The Kier molecular flexibility index (Phi) is 5.29. The van der Waals surface area contributed by atoms with Crippen LogP contribution in [0.5, 0.6) is 0 Å². The second-order valence-electron chi connectivity index (χ2n) is 7.62. The summed E-state index contributed by atoms with van der Waals surface area (Å²) in [5.41, 5.74) is 5.64. The summed E-state index contributed by atoms with van der Waals surface area (Å²) in [7, 11) is 0. The molecule has 148 valence electrons. The van der Waals surface area contributed by atoms with Crippen molar-refractivity contribution in [2.24, 2.45) is 0 Å². The fraction of sp³-hybridized carbons (Fsp3) is 0.250. The first-order valence-electron chi connectivity index (χ1n) is 9.65. The van der Waals surface area contributed by atoms with Gasteiger partial charge in [-0.1, -0.05) is 53.6 Å². The lowest BCUT2D eigenvalue weighted by molar-refractivity contribution is 0.0465. The average Bonchev–Trinajstić information content (AvgIpc) is 3.05. The van der Waals surface area contributed by atoms with E-state index in [9.17, 15) is 9.59 Å². The maximum atomic E-state index is 12.8. The highest BCUT2D eigenvalue weighted by atomic mass is 35.5. The van der Waals surface area contributed by atoms with Crippen molar-refractivity contribution in [2.45, 2.75) is 39.2 Å². The number of ketones is 1. The maximum Gasteiger partial charge on any atom is 0.355 e. The second-order valence-corrected chi connectivity index (χ2v) is 8.06. The van der Waals surface area contributed by atoms with Gasteiger partial charge in [0.05, 0.1) is 0 Å². The van der Waals surface area contributed by atoms with E-state index in [0.717, 1.165) is 22.4 Å². The van der Waals surface area contributed by atoms with E-state index in [-0.39, 0.29) is 18.3 Å². The van der Waals surface area contributed by atoms with Crippen molar-refractivity contribution in [3.8, 4) is 0 Å². The number of nitrogens with one attached hydrogen (secondary N) is 1. The van der Waals surface area contributed by atoms with Crippen molar-refractivity contribution in [1.29, 1.82) is 0 Å². The van der Waals surface area contributed by atoms with Gasteiger partial charge in [0, 0.05) is 22.7 Å². The van der Waals surface area contributed by atoms with Gasteiger partial charge in [0.25, 0.3) is 0 Å². The van der Waals surface area contributed by atoms with Crippen LogP contribution in [0.15, 0.2) is 48.5 Å². The molecule has 0 radical (unpaired) electrons. The Hall–Kier alpha value is -2.85. The molecule has 1 atom stereocenters. The van der Waals surface area contributed by atoms with E-state index in [1.165, 1.54) is 0 Å². The first kappa shape index (κ1) is 19.5. The fourth-order valence-corrected chi connectivity index (χ4v) is 4.04. The van der Waals surface area contributed by atoms with Gasteiger partial charge >= 0.3 is 5.97 Å². The van der Waals surface area contributed by atoms with Crippen LogP contribution in [0.1, 0.15) is 61.1 Å². The Morgan fingerprint density at radius 1 is 1.07 bits per heavy atom. The van der Waals surface area contributed by atoms with Crippen LogP contribution in [0.3, 0.4) is 0 Å². The Labute approximate surface area is 174 Å². The van der Waals surface area contributed by atoms with E-state index < -0.39 is 5.97 Å². The highest BCUT2D eigenvalue weighted by Gasteiger charge is 2.32. The summed E-state index contributed by atoms with van der Waals surface area (Å²) in [5, 5.41) is 0.672. The number of aryl methyl sites for hydroxylation is 1. The second kappa shape index (κ2) is 7.88. The SMILES string of the molecule is Cc1ccc(COC(=O)c2[nH]c3c(c2C)C(=O)CC(c2ccc(Cl)cc2)C3)cc1. The molecular weight excluding hydrogens is 386 g/mol. The van der Waals surface area contributed by atoms with Crippen LogP contribution in [0.2, 0.25) is 5.02 Å². The molecule has 2 aromatic carbocycles. The molecule has 4 rings (SSSR count). The van der Waals surface area contributed by atoms with Crippen molar-refractivity contribution >= 4 is 23.4 Å². The summed E-state index contributed by atoms with van der Waals surface area (Å²) in [6.45, 7) is 4.01. The van der Waals surface area contributed by atoms with Gasteiger partial charge < -0.3 is 9.72 Å². The van der Waals surface area contributed by atoms with Crippen LogP contribution >= 0.6 is 11.6 Å². The molecule has 3 aromatic rings. The van der Waals surface area contributed by atoms with Gasteiger partial charge in [-0.25, -0.2) is 4.79 Å². The number of carbonyl (C=O) groups is 2. The van der Waals surface area contributed by atoms with Gasteiger partial charge in [0.1, 0.15) is 12.3 Å².